The second-order valence-corrected chi connectivity index (χ2v) is 3.44. The number of aliphatic hydroxyl groups excluding tert-OH is 1. The fourth-order valence-corrected chi connectivity index (χ4v) is 0.389. The van der Waals surface area contributed by atoms with Crippen LogP contribution in [0.1, 0.15) is 0 Å². The number of carbonyl (C=O) groups is 1. The average Bonchev–Trinajstić information content (AvgIpc) is 2.05. The van der Waals surface area contributed by atoms with Crippen LogP contribution in [-0.4, -0.2) is 63.1 Å². The van der Waals surface area contributed by atoms with Crippen LogP contribution in [0.3, 0.4) is 0 Å². The van der Waals surface area contributed by atoms with E-state index in [1.54, 1.807) is 11.9 Å². The van der Waals surface area contributed by atoms with Crippen LogP contribution in [0, 0.1) is 0 Å². The number of likely N-dealkylation sites (N-methyl/N-ethyl adjacent to an activating group) is 1. The van der Waals surface area contributed by atoms with Gasteiger partial charge in [-0.2, -0.15) is 8.42 Å². The minimum Gasteiger partial charge on any atom is -0.395 e. The van der Waals surface area contributed by atoms with Gasteiger partial charge in [0, 0.05) is 6.54 Å². The summed E-state index contributed by atoms with van der Waals surface area (Å²) in [5, 5.41) is 8.31. The Labute approximate surface area is 83.2 Å². The lowest BCUT2D eigenvalue weighted by atomic mass is 10.5. The molecule has 0 fully saturated rings. The van der Waals surface area contributed by atoms with Gasteiger partial charge in [-0.05, 0) is 7.05 Å². The van der Waals surface area contributed by atoms with Crippen molar-refractivity contribution >= 4 is 16.7 Å². The van der Waals surface area contributed by atoms with Gasteiger partial charge in [0.2, 0.25) is 0 Å². The predicted molar refractivity (Wildman–Crippen MR) is 49.2 cm³/mol. The molecule has 0 aromatic rings. The van der Waals surface area contributed by atoms with Gasteiger partial charge in [0.1, 0.15) is 6.29 Å². The zero-order chi connectivity index (χ0) is 11.6. The van der Waals surface area contributed by atoms with Gasteiger partial charge in [0.15, 0.2) is 0 Å². The van der Waals surface area contributed by atoms with Crippen molar-refractivity contribution in [2.45, 2.75) is 0 Å². The summed E-state index contributed by atoms with van der Waals surface area (Å²) in [6, 6.07) is 0. The van der Waals surface area contributed by atoms with E-state index in [0.29, 0.717) is 13.1 Å². The Hall–Kier alpha value is -0.540. The normalized spacial score (nSPS) is 10.6. The molecule has 0 rings (SSSR count). The van der Waals surface area contributed by atoms with Crippen molar-refractivity contribution in [3.63, 3.8) is 0 Å². The molecular formula is C6H15NO6S. The maximum atomic E-state index is 9.77. The number of aldehydes is 1. The average molecular weight is 229 g/mol. The Kier molecular flexibility index (Phi) is 10.3. The van der Waals surface area contributed by atoms with Crippen molar-refractivity contribution < 1.29 is 27.1 Å². The summed E-state index contributed by atoms with van der Waals surface area (Å²) >= 11 is 0. The number of nitrogens with zero attached hydrogens (tertiary/aromatic N) is 1. The third-order valence-electron chi connectivity index (χ3n) is 1.08. The van der Waals surface area contributed by atoms with Crippen LogP contribution >= 0.6 is 0 Å². The molecule has 0 saturated heterocycles. The molecule has 0 spiro atoms. The van der Waals surface area contributed by atoms with Gasteiger partial charge >= 0.3 is 10.4 Å². The van der Waals surface area contributed by atoms with E-state index < -0.39 is 10.4 Å². The van der Waals surface area contributed by atoms with Gasteiger partial charge in [0.05, 0.1) is 20.3 Å². The highest BCUT2D eigenvalue weighted by Gasteiger charge is 1.94. The molecule has 14 heavy (non-hydrogen) atoms. The molecule has 7 nitrogen and oxygen atoms in total. The summed E-state index contributed by atoms with van der Waals surface area (Å²) in [7, 11) is -1.51. The number of aliphatic hydroxyl groups is 1. The molecule has 0 amide bonds. The molecule has 2 N–H and O–H groups in total. The van der Waals surface area contributed by atoms with Gasteiger partial charge in [-0.15, -0.1) is 0 Å². The largest absolute Gasteiger partial charge is 0.397 e. The monoisotopic (exact) mass is 229 g/mol. The highest BCUT2D eigenvalue weighted by molar-refractivity contribution is 7.80. The summed E-state index contributed by atoms with van der Waals surface area (Å²) in [6.07, 6.45) is 0.815. The van der Waals surface area contributed by atoms with Crippen molar-refractivity contribution in [2.24, 2.45) is 0 Å². The van der Waals surface area contributed by atoms with Gasteiger partial charge in [-0.1, -0.05) is 0 Å². The molecule has 0 aromatic carbocycles. The number of hydrogen-bond donors (Lipinski definition) is 2. The summed E-state index contributed by atoms with van der Waals surface area (Å²) in [4.78, 5) is 11.5. The molecule has 0 aliphatic rings. The van der Waals surface area contributed by atoms with Crippen molar-refractivity contribution in [3.8, 4) is 0 Å². The van der Waals surface area contributed by atoms with E-state index in [-0.39, 0.29) is 6.61 Å². The lowest BCUT2D eigenvalue weighted by molar-refractivity contribution is -0.108. The molecule has 0 atom stereocenters. The Morgan fingerprint density at radius 2 is 1.93 bits per heavy atom. The van der Waals surface area contributed by atoms with Crippen molar-refractivity contribution in [3.05, 3.63) is 0 Å². The van der Waals surface area contributed by atoms with Crippen molar-refractivity contribution in [1.82, 2.24) is 4.90 Å². The fourth-order valence-electron chi connectivity index (χ4n) is 0.389. The molecule has 0 radical (unpaired) electrons. The van der Waals surface area contributed by atoms with Crippen molar-refractivity contribution in [2.75, 3.05) is 33.9 Å². The van der Waals surface area contributed by atoms with Gasteiger partial charge < -0.3 is 9.90 Å². The second kappa shape index (κ2) is 9.03. The minimum atomic E-state index is -4.16. The SMILES string of the molecule is CN(CC=O)CCO.COS(=O)(=O)O. The van der Waals surface area contributed by atoms with E-state index in [2.05, 4.69) is 4.18 Å². The third kappa shape index (κ3) is 17.5. The van der Waals surface area contributed by atoms with Crippen LogP contribution < -0.4 is 0 Å². The summed E-state index contributed by atoms with van der Waals surface area (Å²) in [5.41, 5.74) is 0. The highest BCUT2D eigenvalue weighted by atomic mass is 32.3. The number of hydrogen-bond acceptors (Lipinski definition) is 6. The minimum absolute atomic E-state index is 0.115. The topological polar surface area (TPSA) is 104 Å². The van der Waals surface area contributed by atoms with Gasteiger partial charge in [-0.25, -0.2) is 0 Å². The Morgan fingerprint density at radius 1 is 1.50 bits per heavy atom. The maximum Gasteiger partial charge on any atom is 0.397 e. The maximum absolute atomic E-state index is 9.77. The first-order valence-corrected chi connectivity index (χ1v) is 5.00. The molecule has 0 bridgehead atoms. The summed E-state index contributed by atoms with van der Waals surface area (Å²) in [5.74, 6) is 0. The molecule has 86 valence electrons. The summed E-state index contributed by atoms with van der Waals surface area (Å²) in [6.45, 7) is 1.09. The first-order chi connectivity index (χ1) is 6.37. The predicted octanol–water partition coefficient (Wildman–Crippen LogP) is -1.45. The number of carbonyl (C=O) groups excluding carboxylic acids is 1. The highest BCUT2D eigenvalue weighted by Crippen LogP contribution is 1.75. The van der Waals surface area contributed by atoms with E-state index in [1.165, 1.54) is 0 Å². The zero-order valence-corrected chi connectivity index (χ0v) is 8.90. The number of rotatable bonds is 5. The van der Waals surface area contributed by atoms with E-state index in [4.69, 9.17) is 9.66 Å². The molecule has 0 saturated carbocycles. The Bertz CT molecular complexity index is 226. The molecule has 0 heterocycles. The molecule has 0 aliphatic carbocycles. The summed E-state index contributed by atoms with van der Waals surface area (Å²) < 4.78 is 29.7. The molecular weight excluding hydrogens is 214 g/mol. The third-order valence-corrected chi connectivity index (χ3v) is 1.50. The van der Waals surface area contributed by atoms with Crippen LogP contribution in [0.2, 0.25) is 0 Å². The standard InChI is InChI=1S/C5H11NO2.CH4O4S/c1-6(2-4-7)3-5-8;1-5-6(2,3)4/h4,8H,2-3,5H2,1H3;1H3,(H,2,3,4). The van der Waals surface area contributed by atoms with E-state index in [0.717, 1.165) is 13.4 Å². The van der Waals surface area contributed by atoms with E-state index in [1.807, 2.05) is 0 Å². The first-order valence-electron chi connectivity index (χ1n) is 3.63. The van der Waals surface area contributed by atoms with Crippen LogP contribution in [0.25, 0.3) is 0 Å². The molecule has 0 unspecified atom stereocenters. The molecule has 0 aromatic heterocycles. The van der Waals surface area contributed by atoms with E-state index >= 15 is 0 Å². The van der Waals surface area contributed by atoms with Crippen LogP contribution in [0.5, 0.6) is 0 Å². The smallest absolute Gasteiger partial charge is 0.395 e. The van der Waals surface area contributed by atoms with Gasteiger partial charge in [-0.3, -0.25) is 13.6 Å². The quantitative estimate of drug-likeness (QED) is 0.438. The first kappa shape index (κ1) is 15.9. The molecule has 0 aliphatic heterocycles. The second-order valence-electron chi connectivity index (χ2n) is 2.25. The fraction of sp³-hybridized carbons (Fsp3) is 0.833. The van der Waals surface area contributed by atoms with Crippen molar-refractivity contribution in [1.29, 1.82) is 0 Å². The Balaban J connectivity index is 0. The lowest BCUT2D eigenvalue weighted by Crippen LogP contribution is -2.23. The van der Waals surface area contributed by atoms with Gasteiger partial charge in [0.25, 0.3) is 0 Å². The zero-order valence-electron chi connectivity index (χ0n) is 8.08. The Morgan fingerprint density at radius 3 is 2.14 bits per heavy atom. The van der Waals surface area contributed by atoms with Crippen LogP contribution in [0.4, 0.5) is 0 Å². The van der Waals surface area contributed by atoms with Crippen LogP contribution in [0.15, 0.2) is 0 Å². The van der Waals surface area contributed by atoms with E-state index in [9.17, 15) is 13.2 Å². The molecule has 8 heteroatoms. The lowest BCUT2D eigenvalue weighted by Gasteiger charge is -2.08. The van der Waals surface area contributed by atoms with Crippen LogP contribution in [-0.2, 0) is 19.4 Å².